The fourth-order valence-corrected chi connectivity index (χ4v) is 3.58. The lowest BCUT2D eigenvalue weighted by Gasteiger charge is -2.22. The van der Waals surface area contributed by atoms with Gasteiger partial charge < -0.3 is 11.1 Å². The van der Waals surface area contributed by atoms with Gasteiger partial charge in [-0.2, -0.15) is 0 Å². The lowest BCUT2D eigenvalue weighted by molar-refractivity contribution is 0.518. The molecule has 1 rings (SSSR count). The molecule has 4 nitrogen and oxygen atoms in total. The summed E-state index contributed by atoms with van der Waals surface area (Å²) < 4.78 is 23.2. The quantitative estimate of drug-likeness (QED) is 0.634. The Kier molecular flexibility index (Phi) is 4.84. The Bertz CT molecular complexity index is 252. The van der Waals surface area contributed by atoms with Gasteiger partial charge in [-0.15, -0.1) is 0 Å². The van der Waals surface area contributed by atoms with E-state index in [1.807, 2.05) is 0 Å². The van der Waals surface area contributed by atoms with E-state index in [2.05, 4.69) is 5.32 Å². The molecule has 0 saturated carbocycles. The van der Waals surface area contributed by atoms with E-state index in [0.717, 1.165) is 32.2 Å². The van der Waals surface area contributed by atoms with Crippen molar-refractivity contribution in [1.29, 1.82) is 0 Å². The molecule has 1 heterocycles. The summed E-state index contributed by atoms with van der Waals surface area (Å²) in [5, 5.41) is 2.99. The third-order valence-electron chi connectivity index (χ3n) is 2.64. The van der Waals surface area contributed by atoms with Gasteiger partial charge in [0.05, 0.1) is 11.0 Å². The van der Waals surface area contributed by atoms with Gasteiger partial charge in [-0.25, -0.2) is 8.42 Å². The minimum Gasteiger partial charge on any atom is -0.330 e. The Morgan fingerprint density at radius 2 is 2.14 bits per heavy atom. The summed E-state index contributed by atoms with van der Waals surface area (Å²) in [6.07, 6.45) is 3.61. The SMILES string of the molecule is NCCCNCC1CCCCS1(=O)=O. The molecule has 3 N–H and O–H groups in total. The smallest absolute Gasteiger partial charge is 0.154 e. The van der Waals surface area contributed by atoms with Gasteiger partial charge >= 0.3 is 0 Å². The number of sulfone groups is 1. The second-order valence-electron chi connectivity index (χ2n) is 3.83. The molecule has 0 aliphatic carbocycles. The van der Waals surface area contributed by atoms with E-state index in [9.17, 15) is 8.42 Å². The van der Waals surface area contributed by atoms with Gasteiger partial charge in [0, 0.05) is 6.54 Å². The number of hydrogen-bond donors (Lipinski definition) is 2. The molecule has 1 aliphatic rings. The number of rotatable bonds is 5. The lowest BCUT2D eigenvalue weighted by Crippen LogP contribution is -2.38. The van der Waals surface area contributed by atoms with E-state index >= 15 is 0 Å². The fraction of sp³-hybridized carbons (Fsp3) is 1.00. The third-order valence-corrected chi connectivity index (χ3v) is 4.92. The molecule has 0 aromatic carbocycles. The first-order chi connectivity index (χ1) is 6.67. The molecule has 84 valence electrons. The van der Waals surface area contributed by atoms with Gasteiger partial charge in [0.25, 0.3) is 0 Å². The van der Waals surface area contributed by atoms with E-state index in [0.29, 0.717) is 18.8 Å². The molecular formula is C9H20N2O2S. The average molecular weight is 220 g/mol. The summed E-state index contributed by atoms with van der Waals surface area (Å²) >= 11 is 0. The molecule has 0 aromatic rings. The number of hydrogen-bond acceptors (Lipinski definition) is 4. The van der Waals surface area contributed by atoms with E-state index in [1.54, 1.807) is 0 Å². The lowest BCUT2D eigenvalue weighted by atomic mass is 10.2. The highest BCUT2D eigenvalue weighted by atomic mass is 32.2. The van der Waals surface area contributed by atoms with Crippen molar-refractivity contribution in [2.75, 3.05) is 25.4 Å². The Hall–Kier alpha value is -0.130. The second-order valence-corrected chi connectivity index (χ2v) is 6.23. The first-order valence-electron chi connectivity index (χ1n) is 5.29. The highest BCUT2D eigenvalue weighted by Gasteiger charge is 2.27. The summed E-state index contributed by atoms with van der Waals surface area (Å²) in [6, 6.07) is 0. The van der Waals surface area contributed by atoms with Crippen molar-refractivity contribution < 1.29 is 8.42 Å². The molecule has 0 spiro atoms. The molecule has 1 aliphatic heterocycles. The monoisotopic (exact) mass is 220 g/mol. The minimum absolute atomic E-state index is 0.158. The highest BCUT2D eigenvalue weighted by Crippen LogP contribution is 2.18. The van der Waals surface area contributed by atoms with Crippen LogP contribution in [0.3, 0.4) is 0 Å². The fourth-order valence-electron chi connectivity index (χ4n) is 1.74. The highest BCUT2D eigenvalue weighted by molar-refractivity contribution is 7.92. The zero-order chi connectivity index (χ0) is 10.4. The van der Waals surface area contributed by atoms with E-state index in [-0.39, 0.29) is 5.25 Å². The second kappa shape index (κ2) is 5.68. The summed E-state index contributed by atoms with van der Waals surface area (Å²) in [4.78, 5) is 0. The van der Waals surface area contributed by atoms with Crippen molar-refractivity contribution in [1.82, 2.24) is 5.32 Å². The molecule has 0 bridgehead atoms. The zero-order valence-corrected chi connectivity index (χ0v) is 9.35. The number of nitrogens with two attached hydrogens (primary N) is 1. The summed E-state index contributed by atoms with van der Waals surface area (Å²) in [6.45, 7) is 2.08. The summed E-state index contributed by atoms with van der Waals surface area (Å²) in [5.74, 6) is 0.371. The van der Waals surface area contributed by atoms with Crippen molar-refractivity contribution in [2.24, 2.45) is 5.73 Å². The molecule has 1 unspecified atom stereocenters. The average Bonchev–Trinajstić information content (AvgIpc) is 2.14. The van der Waals surface area contributed by atoms with Crippen LogP contribution in [0.2, 0.25) is 0 Å². The first kappa shape index (κ1) is 11.9. The molecule has 1 saturated heterocycles. The van der Waals surface area contributed by atoms with Crippen LogP contribution < -0.4 is 11.1 Å². The Morgan fingerprint density at radius 1 is 1.36 bits per heavy atom. The molecule has 0 amide bonds. The zero-order valence-electron chi connectivity index (χ0n) is 8.54. The largest absolute Gasteiger partial charge is 0.330 e. The van der Waals surface area contributed by atoms with Crippen molar-refractivity contribution >= 4 is 9.84 Å². The Morgan fingerprint density at radius 3 is 2.79 bits per heavy atom. The van der Waals surface area contributed by atoms with Gasteiger partial charge in [-0.3, -0.25) is 0 Å². The van der Waals surface area contributed by atoms with Gasteiger partial charge in [-0.1, -0.05) is 6.42 Å². The van der Waals surface area contributed by atoms with Crippen LogP contribution in [0.4, 0.5) is 0 Å². The first-order valence-corrected chi connectivity index (χ1v) is 7.00. The predicted molar refractivity (Wildman–Crippen MR) is 58.0 cm³/mol. The molecule has 14 heavy (non-hydrogen) atoms. The predicted octanol–water partition coefficient (Wildman–Crippen LogP) is -0.108. The van der Waals surface area contributed by atoms with Gasteiger partial charge in [0.1, 0.15) is 0 Å². The van der Waals surface area contributed by atoms with Crippen LogP contribution in [0.15, 0.2) is 0 Å². The van der Waals surface area contributed by atoms with Crippen LogP contribution in [-0.4, -0.2) is 39.1 Å². The van der Waals surface area contributed by atoms with Crippen LogP contribution >= 0.6 is 0 Å². The van der Waals surface area contributed by atoms with Gasteiger partial charge in [0.15, 0.2) is 9.84 Å². The summed E-state index contributed by atoms with van der Waals surface area (Å²) in [5.41, 5.74) is 5.34. The van der Waals surface area contributed by atoms with Crippen molar-refractivity contribution in [3.05, 3.63) is 0 Å². The topological polar surface area (TPSA) is 72.2 Å². The van der Waals surface area contributed by atoms with E-state index < -0.39 is 9.84 Å². The van der Waals surface area contributed by atoms with Crippen LogP contribution in [-0.2, 0) is 9.84 Å². The van der Waals surface area contributed by atoms with Gasteiger partial charge in [-0.05, 0) is 32.4 Å². The Balaban J connectivity index is 2.28. The molecule has 1 atom stereocenters. The van der Waals surface area contributed by atoms with Crippen LogP contribution in [0, 0.1) is 0 Å². The summed E-state index contributed by atoms with van der Waals surface area (Å²) in [7, 11) is -2.80. The van der Waals surface area contributed by atoms with Crippen LogP contribution in [0.5, 0.6) is 0 Å². The molecular weight excluding hydrogens is 200 g/mol. The van der Waals surface area contributed by atoms with Crippen molar-refractivity contribution in [3.8, 4) is 0 Å². The number of nitrogens with one attached hydrogen (secondary N) is 1. The standard InChI is InChI=1S/C9H20N2O2S/c10-5-3-6-11-8-9-4-1-2-7-14(9,12)13/h9,11H,1-8,10H2. The Labute approximate surface area is 86.2 Å². The molecule has 0 radical (unpaired) electrons. The molecule has 1 fully saturated rings. The third kappa shape index (κ3) is 3.55. The maximum atomic E-state index is 11.6. The molecule has 5 heteroatoms. The van der Waals surface area contributed by atoms with E-state index in [4.69, 9.17) is 5.73 Å². The normalized spacial score (nSPS) is 26.2. The van der Waals surface area contributed by atoms with E-state index in [1.165, 1.54) is 0 Å². The van der Waals surface area contributed by atoms with Gasteiger partial charge in [0.2, 0.25) is 0 Å². The van der Waals surface area contributed by atoms with Crippen molar-refractivity contribution in [3.63, 3.8) is 0 Å². The maximum absolute atomic E-state index is 11.6. The minimum atomic E-state index is -2.80. The van der Waals surface area contributed by atoms with Crippen LogP contribution in [0.1, 0.15) is 25.7 Å². The van der Waals surface area contributed by atoms with Crippen LogP contribution in [0.25, 0.3) is 0 Å². The molecule has 0 aromatic heterocycles. The van der Waals surface area contributed by atoms with Crippen molar-refractivity contribution in [2.45, 2.75) is 30.9 Å². The maximum Gasteiger partial charge on any atom is 0.154 e.